The SMILES string of the molecule is CN1CCN(C)[C@H](c2ccc(Nc3nc(-c4cccc(NC(=O)c5cc6c(s5)CCCC6)c4)cn(C)c3=O)cc2)C1=O. The molecule has 1 saturated heterocycles. The Kier molecular flexibility index (Phi) is 7.66. The van der Waals surface area contributed by atoms with E-state index in [9.17, 15) is 14.4 Å². The number of amides is 2. The zero-order chi connectivity index (χ0) is 29.4. The minimum absolute atomic E-state index is 0.0700. The van der Waals surface area contributed by atoms with Gasteiger partial charge in [-0.2, -0.15) is 0 Å². The lowest BCUT2D eigenvalue weighted by atomic mass is 9.99. The summed E-state index contributed by atoms with van der Waals surface area (Å²) in [5.74, 6) is 0.145. The number of likely N-dealkylation sites (N-methyl/N-ethyl adjacent to an activating group) is 2. The van der Waals surface area contributed by atoms with Crippen LogP contribution in [0, 0.1) is 0 Å². The molecule has 0 saturated carbocycles. The van der Waals surface area contributed by atoms with E-state index in [2.05, 4.69) is 20.5 Å². The lowest BCUT2D eigenvalue weighted by Gasteiger charge is -2.37. The number of fused-ring (bicyclic) bond motifs is 1. The first-order valence-corrected chi connectivity index (χ1v) is 15.0. The largest absolute Gasteiger partial charge is 0.343 e. The van der Waals surface area contributed by atoms with E-state index in [1.54, 1.807) is 29.5 Å². The van der Waals surface area contributed by atoms with Crippen molar-refractivity contribution in [3.63, 3.8) is 0 Å². The lowest BCUT2D eigenvalue weighted by Crippen LogP contribution is -2.48. The Bertz CT molecular complexity index is 1690. The third-order valence-electron chi connectivity index (χ3n) is 8.04. The van der Waals surface area contributed by atoms with Crippen LogP contribution >= 0.6 is 11.3 Å². The monoisotopic (exact) mass is 582 g/mol. The molecule has 2 amide bonds. The molecule has 0 unspecified atom stereocenters. The number of carbonyl (C=O) groups excluding carboxylic acids is 2. The van der Waals surface area contributed by atoms with Crippen molar-refractivity contribution >= 4 is 40.3 Å². The molecule has 9 nitrogen and oxygen atoms in total. The summed E-state index contributed by atoms with van der Waals surface area (Å²) in [6.07, 6.45) is 6.14. The second-order valence-electron chi connectivity index (χ2n) is 11.1. The van der Waals surface area contributed by atoms with Gasteiger partial charge in [0.2, 0.25) is 5.91 Å². The third kappa shape index (κ3) is 5.60. The number of aryl methyl sites for hydroxylation is 3. The number of nitrogens with one attached hydrogen (secondary N) is 2. The van der Waals surface area contributed by atoms with Gasteiger partial charge in [0.1, 0.15) is 6.04 Å². The van der Waals surface area contributed by atoms with Gasteiger partial charge in [-0.1, -0.05) is 24.3 Å². The lowest BCUT2D eigenvalue weighted by molar-refractivity contribution is -0.139. The summed E-state index contributed by atoms with van der Waals surface area (Å²) in [7, 11) is 5.47. The van der Waals surface area contributed by atoms with Crippen LogP contribution in [-0.4, -0.2) is 58.4 Å². The maximum Gasteiger partial charge on any atom is 0.293 e. The molecule has 0 spiro atoms. The van der Waals surface area contributed by atoms with Crippen molar-refractivity contribution in [1.29, 1.82) is 0 Å². The van der Waals surface area contributed by atoms with Gasteiger partial charge >= 0.3 is 0 Å². The zero-order valence-corrected chi connectivity index (χ0v) is 24.8. The highest BCUT2D eigenvalue weighted by molar-refractivity contribution is 7.14. The molecule has 6 rings (SSSR count). The molecule has 4 aromatic rings. The van der Waals surface area contributed by atoms with Crippen LogP contribution in [0.3, 0.4) is 0 Å². The van der Waals surface area contributed by atoms with Gasteiger partial charge in [-0.05, 0) is 74.2 Å². The molecule has 1 atom stereocenters. The Balaban J connectivity index is 1.20. The number of hydrogen-bond donors (Lipinski definition) is 2. The molecule has 216 valence electrons. The molecule has 2 N–H and O–H groups in total. The number of thiophene rings is 1. The maximum absolute atomic E-state index is 13.0. The number of anilines is 3. The first-order valence-electron chi connectivity index (χ1n) is 14.2. The number of rotatable bonds is 6. The first kappa shape index (κ1) is 27.9. The van der Waals surface area contributed by atoms with Crippen LogP contribution in [0.4, 0.5) is 17.2 Å². The van der Waals surface area contributed by atoms with Crippen LogP contribution in [-0.2, 0) is 24.7 Å². The van der Waals surface area contributed by atoms with Gasteiger partial charge in [-0.25, -0.2) is 4.98 Å². The Hall–Kier alpha value is -4.28. The van der Waals surface area contributed by atoms with E-state index >= 15 is 0 Å². The van der Waals surface area contributed by atoms with Crippen LogP contribution in [0.2, 0.25) is 0 Å². The third-order valence-corrected chi connectivity index (χ3v) is 9.27. The molecule has 0 radical (unpaired) electrons. The minimum atomic E-state index is -0.329. The van der Waals surface area contributed by atoms with E-state index in [0.29, 0.717) is 23.6 Å². The maximum atomic E-state index is 13.0. The number of benzene rings is 2. The van der Waals surface area contributed by atoms with E-state index in [0.717, 1.165) is 35.4 Å². The summed E-state index contributed by atoms with van der Waals surface area (Å²) in [6.45, 7) is 1.52. The van der Waals surface area contributed by atoms with Crippen molar-refractivity contribution in [2.24, 2.45) is 7.05 Å². The highest BCUT2D eigenvalue weighted by Gasteiger charge is 2.31. The van der Waals surface area contributed by atoms with Crippen molar-refractivity contribution in [1.82, 2.24) is 19.4 Å². The van der Waals surface area contributed by atoms with Crippen LogP contribution in [0.15, 0.2) is 65.6 Å². The summed E-state index contributed by atoms with van der Waals surface area (Å²) in [5.41, 5.74) is 4.66. The fraction of sp³-hybridized carbons (Fsp3) is 0.312. The van der Waals surface area contributed by atoms with E-state index in [1.165, 1.54) is 27.8 Å². The van der Waals surface area contributed by atoms with E-state index < -0.39 is 0 Å². The Labute approximate surface area is 248 Å². The fourth-order valence-corrected chi connectivity index (χ4v) is 6.75. The van der Waals surface area contributed by atoms with Gasteiger partial charge in [-0.3, -0.25) is 19.3 Å². The van der Waals surface area contributed by atoms with Crippen molar-refractivity contribution < 1.29 is 9.59 Å². The molecule has 2 aromatic carbocycles. The van der Waals surface area contributed by atoms with Crippen molar-refractivity contribution in [2.75, 3.05) is 37.8 Å². The van der Waals surface area contributed by atoms with Gasteiger partial charge < -0.3 is 20.1 Å². The molecule has 1 aliphatic carbocycles. The van der Waals surface area contributed by atoms with Crippen LogP contribution < -0.4 is 16.2 Å². The van der Waals surface area contributed by atoms with Gasteiger partial charge in [-0.15, -0.1) is 11.3 Å². The summed E-state index contributed by atoms with van der Waals surface area (Å²) in [5, 5.41) is 6.18. The van der Waals surface area contributed by atoms with Crippen molar-refractivity contribution in [3.05, 3.63) is 92.0 Å². The van der Waals surface area contributed by atoms with Gasteiger partial charge in [0.15, 0.2) is 5.82 Å². The van der Waals surface area contributed by atoms with Gasteiger partial charge in [0.05, 0.1) is 10.6 Å². The molecule has 2 aliphatic rings. The average molecular weight is 583 g/mol. The van der Waals surface area contributed by atoms with Crippen LogP contribution in [0.25, 0.3) is 11.3 Å². The molecule has 10 heteroatoms. The van der Waals surface area contributed by atoms with Crippen molar-refractivity contribution in [3.8, 4) is 11.3 Å². The number of carbonyl (C=O) groups is 2. The van der Waals surface area contributed by atoms with Crippen molar-refractivity contribution in [2.45, 2.75) is 31.7 Å². The summed E-state index contributed by atoms with van der Waals surface area (Å²) in [6, 6.07) is 16.7. The fourth-order valence-electron chi connectivity index (χ4n) is 5.61. The molecule has 2 aromatic heterocycles. The molecular formula is C32H34N6O3S. The Morgan fingerprint density at radius 1 is 0.952 bits per heavy atom. The van der Waals surface area contributed by atoms with Crippen LogP contribution in [0.5, 0.6) is 0 Å². The minimum Gasteiger partial charge on any atom is -0.343 e. The zero-order valence-electron chi connectivity index (χ0n) is 24.0. The first-order chi connectivity index (χ1) is 20.3. The van der Waals surface area contributed by atoms with Gasteiger partial charge in [0, 0.05) is 55.2 Å². The second-order valence-corrected chi connectivity index (χ2v) is 12.2. The Morgan fingerprint density at radius 2 is 1.74 bits per heavy atom. The highest BCUT2D eigenvalue weighted by atomic mass is 32.1. The van der Waals surface area contributed by atoms with E-state index in [4.69, 9.17) is 0 Å². The normalized spacial score (nSPS) is 17.2. The standard InChI is InChI=1S/C32H34N6O3S/c1-36-15-16-37(2)31(40)28(36)20-11-13-23(14-12-20)33-29-32(41)38(3)19-25(35-29)21-8-6-9-24(17-21)34-30(39)27-18-22-7-4-5-10-26(22)42-27/h6,8-9,11-14,17-19,28H,4-5,7,10,15-16H2,1-3H3,(H,33,35)(H,34,39)/t28-/m1/s1. The second kappa shape index (κ2) is 11.5. The molecular weight excluding hydrogens is 548 g/mol. The smallest absolute Gasteiger partial charge is 0.293 e. The van der Waals surface area contributed by atoms with Gasteiger partial charge in [0.25, 0.3) is 11.5 Å². The summed E-state index contributed by atoms with van der Waals surface area (Å²) < 4.78 is 1.49. The number of aromatic nitrogens is 2. The predicted molar refractivity (Wildman–Crippen MR) is 167 cm³/mol. The topological polar surface area (TPSA) is 99.6 Å². The average Bonchev–Trinajstić information content (AvgIpc) is 3.43. The molecule has 0 bridgehead atoms. The molecule has 1 fully saturated rings. The van der Waals surface area contributed by atoms with Crippen LogP contribution in [0.1, 0.15) is 44.6 Å². The molecule has 1 aliphatic heterocycles. The van der Waals surface area contributed by atoms with E-state index in [-0.39, 0.29) is 29.2 Å². The highest BCUT2D eigenvalue weighted by Crippen LogP contribution is 2.31. The predicted octanol–water partition coefficient (Wildman–Crippen LogP) is 4.83. The quantitative estimate of drug-likeness (QED) is 0.338. The number of nitrogens with zero attached hydrogens (tertiary/aromatic N) is 4. The number of hydrogen-bond acceptors (Lipinski definition) is 7. The molecule has 42 heavy (non-hydrogen) atoms. The summed E-state index contributed by atoms with van der Waals surface area (Å²) in [4.78, 5) is 49.3. The molecule has 3 heterocycles. The Morgan fingerprint density at radius 3 is 2.52 bits per heavy atom. The summed E-state index contributed by atoms with van der Waals surface area (Å²) >= 11 is 1.59. The number of piperazine rings is 1. The van der Waals surface area contributed by atoms with E-state index in [1.807, 2.05) is 68.7 Å².